The third kappa shape index (κ3) is 2.53. The van der Waals surface area contributed by atoms with Crippen LogP contribution in [-0.4, -0.2) is 16.9 Å². The molecular formula is C12H14N4O. The van der Waals surface area contributed by atoms with Crippen LogP contribution in [0, 0.1) is 17.2 Å². The molecule has 0 spiro atoms. The Hall–Kier alpha value is -2.09. The Bertz CT molecular complexity index is 449. The van der Waals surface area contributed by atoms with Crippen molar-refractivity contribution in [2.45, 2.75) is 25.3 Å². The zero-order valence-electron chi connectivity index (χ0n) is 9.39. The van der Waals surface area contributed by atoms with Crippen molar-refractivity contribution in [3.63, 3.8) is 0 Å². The first-order valence-electron chi connectivity index (χ1n) is 5.62. The minimum absolute atomic E-state index is 0.0629. The molecular weight excluding hydrogens is 216 g/mol. The molecule has 1 aromatic rings. The molecule has 1 amide bonds. The van der Waals surface area contributed by atoms with Crippen LogP contribution in [0.3, 0.4) is 0 Å². The van der Waals surface area contributed by atoms with Crippen LogP contribution in [0.1, 0.15) is 24.8 Å². The molecule has 0 bridgehead atoms. The van der Waals surface area contributed by atoms with Gasteiger partial charge in [0.05, 0.1) is 11.5 Å². The van der Waals surface area contributed by atoms with Crippen LogP contribution in [0.2, 0.25) is 0 Å². The summed E-state index contributed by atoms with van der Waals surface area (Å²) in [4.78, 5) is 15.3. The molecule has 1 saturated carbocycles. The fourth-order valence-corrected chi connectivity index (χ4v) is 2.21. The molecule has 0 aliphatic heterocycles. The maximum atomic E-state index is 11.2. The number of nitrogens with two attached hydrogens (primary N) is 1. The van der Waals surface area contributed by atoms with Crippen LogP contribution in [-0.2, 0) is 4.79 Å². The minimum Gasteiger partial charge on any atom is -0.369 e. The summed E-state index contributed by atoms with van der Waals surface area (Å²) in [6.45, 7) is 0. The van der Waals surface area contributed by atoms with E-state index < -0.39 is 0 Å². The Kier molecular flexibility index (Phi) is 3.24. The van der Waals surface area contributed by atoms with Gasteiger partial charge >= 0.3 is 0 Å². The molecule has 5 heteroatoms. The van der Waals surface area contributed by atoms with E-state index in [1.54, 1.807) is 12.1 Å². The number of carbonyl (C=O) groups excluding carboxylic acids is 1. The quantitative estimate of drug-likeness (QED) is 0.810. The number of amides is 1. The third-order valence-electron chi connectivity index (χ3n) is 3.11. The van der Waals surface area contributed by atoms with Crippen molar-refractivity contribution >= 4 is 11.7 Å². The van der Waals surface area contributed by atoms with Crippen LogP contribution < -0.4 is 11.1 Å². The largest absolute Gasteiger partial charge is 0.369 e. The number of hydrogen-bond acceptors (Lipinski definition) is 4. The molecule has 88 valence electrons. The van der Waals surface area contributed by atoms with E-state index in [1.165, 1.54) is 6.20 Å². The van der Waals surface area contributed by atoms with Gasteiger partial charge in [0.25, 0.3) is 0 Å². The van der Waals surface area contributed by atoms with Gasteiger partial charge in [-0.2, -0.15) is 5.26 Å². The molecule has 1 fully saturated rings. The van der Waals surface area contributed by atoms with E-state index >= 15 is 0 Å². The second kappa shape index (κ2) is 4.83. The van der Waals surface area contributed by atoms with E-state index in [0.29, 0.717) is 11.4 Å². The number of pyridine rings is 1. The topological polar surface area (TPSA) is 91.8 Å². The lowest BCUT2D eigenvalue weighted by Gasteiger charge is -2.18. The number of nitriles is 1. The van der Waals surface area contributed by atoms with Crippen molar-refractivity contribution in [3.8, 4) is 6.07 Å². The summed E-state index contributed by atoms with van der Waals surface area (Å²) in [7, 11) is 0. The van der Waals surface area contributed by atoms with E-state index in [9.17, 15) is 4.79 Å². The zero-order chi connectivity index (χ0) is 12.3. The number of hydrogen-bond donors (Lipinski definition) is 2. The van der Waals surface area contributed by atoms with E-state index in [-0.39, 0.29) is 17.9 Å². The molecule has 0 aromatic carbocycles. The number of aromatic nitrogens is 1. The predicted octanol–water partition coefficient (Wildman–Crippen LogP) is 1.02. The Morgan fingerprint density at radius 1 is 1.53 bits per heavy atom. The molecule has 17 heavy (non-hydrogen) atoms. The van der Waals surface area contributed by atoms with Gasteiger partial charge in [0, 0.05) is 12.2 Å². The zero-order valence-corrected chi connectivity index (χ0v) is 9.39. The summed E-state index contributed by atoms with van der Waals surface area (Å²) in [6.07, 6.45) is 4.27. The summed E-state index contributed by atoms with van der Waals surface area (Å²) in [5.74, 6) is 0.309. The summed E-state index contributed by atoms with van der Waals surface area (Å²) < 4.78 is 0. The first-order chi connectivity index (χ1) is 8.20. The molecule has 1 aliphatic rings. The molecule has 0 radical (unpaired) electrons. The monoisotopic (exact) mass is 230 g/mol. The van der Waals surface area contributed by atoms with Crippen molar-refractivity contribution in [3.05, 3.63) is 23.9 Å². The van der Waals surface area contributed by atoms with Crippen LogP contribution in [0.5, 0.6) is 0 Å². The maximum absolute atomic E-state index is 11.2. The number of carbonyl (C=O) groups is 1. The Balaban J connectivity index is 2.05. The van der Waals surface area contributed by atoms with Gasteiger partial charge in [-0.25, -0.2) is 4.98 Å². The van der Waals surface area contributed by atoms with Crippen molar-refractivity contribution in [2.75, 3.05) is 5.32 Å². The number of nitrogens with one attached hydrogen (secondary N) is 1. The Morgan fingerprint density at radius 2 is 2.35 bits per heavy atom. The van der Waals surface area contributed by atoms with Crippen molar-refractivity contribution in [1.82, 2.24) is 4.98 Å². The van der Waals surface area contributed by atoms with Crippen LogP contribution >= 0.6 is 0 Å². The van der Waals surface area contributed by atoms with Crippen molar-refractivity contribution in [2.24, 2.45) is 11.7 Å². The molecule has 3 N–H and O–H groups in total. The fourth-order valence-electron chi connectivity index (χ4n) is 2.21. The summed E-state index contributed by atoms with van der Waals surface area (Å²) in [6, 6.07) is 5.52. The van der Waals surface area contributed by atoms with E-state index in [2.05, 4.69) is 10.3 Å². The highest BCUT2D eigenvalue weighted by atomic mass is 16.1. The second-order valence-electron chi connectivity index (χ2n) is 4.23. The number of rotatable bonds is 3. The van der Waals surface area contributed by atoms with Gasteiger partial charge < -0.3 is 11.1 Å². The molecule has 1 heterocycles. The summed E-state index contributed by atoms with van der Waals surface area (Å²) >= 11 is 0. The van der Waals surface area contributed by atoms with E-state index in [1.807, 2.05) is 6.07 Å². The average Bonchev–Trinajstić information content (AvgIpc) is 2.78. The summed E-state index contributed by atoms with van der Waals surface area (Å²) in [5, 5.41) is 11.9. The van der Waals surface area contributed by atoms with Crippen LogP contribution in [0.15, 0.2) is 18.3 Å². The van der Waals surface area contributed by atoms with Gasteiger partial charge in [0.1, 0.15) is 11.9 Å². The standard InChI is InChI=1S/C12H14N4O/c13-6-8-4-5-11(15-7-8)16-10-3-1-2-9(10)12(14)17/h4-5,7,9-10H,1-3H2,(H2,14,17)(H,15,16)/t9-,10+/m0/s1. The minimum atomic E-state index is -0.256. The molecule has 2 atom stereocenters. The average molecular weight is 230 g/mol. The highest BCUT2D eigenvalue weighted by molar-refractivity contribution is 5.78. The molecule has 0 saturated heterocycles. The maximum Gasteiger partial charge on any atom is 0.222 e. The lowest BCUT2D eigenvalue weighted by molar-refractivity contribution is -0.121. The highest BCUT2D eigenvalue weighted by Gasteiger charge is 2.31. The van der Waals surface area contributed by atoms with Gasteiger partial charge in [-0.05, 0) is 25.0 Å². The van der Waals surface area contributed by atoms with Gasteiger partial charge in [0.15, 0.2) is 0 Å². The fraction of sp³-hybridized carbons (Fsp3) is 0.417. The van der Waals surface area contributed by atoms with Crippen LogP contribution in [0.4, 0.5) is 5.82 Å². The predicted molar refractivity (Wildman–Crippen MR) is 62.9 cm³/mol. The van der Waals surface area contributed by atoms with Gasteiger partial charge in [-0.3, -0.25) is 4.79 Å². The Labute approximate surface area is 99.6 Å². The van der Waals surface area contributed by atoms with Gasteiger partial charge in [-0.15, -0.1) is 0 Å². The smallest absolute Gasteiger partial charge is 0.222 e. The van der Waals surface area contributed by atoms with Crippen molar-refractivity contribution < 1.29 is 4.79 Å². The Morgan fingerprint density at radius 3 is 2.94 bits per heavy atom. The van der Waals surface area contributed by atoms with E-state index in [4.69, 9.17) is 11.0 Å². The molecule has 0 unspecified atom stereocenters. The SMILES string of the molecule is N#Cc1ccc(N[C@@H]2CCC[C@@H]2C(N)=O)nc1. The summed E-state index contributed by atoms with van der Waals surface area (Å²) in [5.41, 5.74) is 5.87. The highest BCUT2D eigenvalue weighted by Crippen LogP contribution is 2.27. The second-order valence-corrected chi connectivity index (χ2v) is 4.23. The number of primary amides is 1. The molecule has 1 aromatic heterocycles. The van der Waals surface area contributed by atoms with Gasteiger partial charge in [-0.1, -0.05) is 6.42 Å². The third-order valence-corrected chi connectivity index (χ3v) is 3.11. The molecule has 5 nitrogen and oxygen atoms in total. The first-order valence-corrected chi connectivity index (χ1v) is 5.62. The van der Waals surface area contributed by atoms with Gasteiger partial charge in [0.2, 0.25) is 5.91 Å². The normalized spacial score (nSPS) is 23.0. The van der Waals surface area contributed by atoms with Crippen LogP contribution in [0.25, 0.3) is 0 Å². The number of anilines is 1. The number of nitrogens with zero attached hydrogens (tertiary/aromatic N) is 2. The molecule has 1 aliphatic carbocycles. The lowest BCUT2D eigenvalue weighted by Crippen LogP contribution is -2.34. The van der Waals surface area contributed by atoms with E-state index in [0.717, 1.165) is 19.3 Å². The van der Waals surface area contributed by atoms with Crippen molar-refractivity contribution in [1.29, 1.82) is 5.26 Å². The lowest BCUT2D eigenvalue weighted by atomic mass is 10.0. The first kappa shape index (κ1) is 11.4. The molecule has 2 rings (SSSR count).